The van der Waals surface area contributed by atoms with E-state index in [1.807, 2.05) is 0 Å². The second-order valence-corrected chi connectivity index (χ2v) is 3.70. The van der Waals surface area contributed by atoms with Gasteiger partial charge in [-0.1, -0.05) is 11.6 Å². The van der Waals surface area contributed by atoms with E-state index < -0.39 is 16.2 Å². The van der Waals surface area contributed by atoms with Gasteiger partial charge in [0.15, 0.2) is 5.15 Å². The van der Waals surface area contributed by atoms with Crippen LogP contribution in [0.15, 0.2) is 4.34 Å². The Hall–Kier alpha value is 0.0600. The molecule has 0 saturated heterocycles. The van der Waals surface area contributed by atoms with E-state index in [1.165, 1.54) is 0 Å². The SMILES string of the molecule is FC(F)(F)c1sc(S)nc1Cl. The highest BCUT2D eigenvalue weighted by molar-refractivity contribution is 7.82. The minimum atomic E-state index is -4.42. The lowest BCUT2D eigenvalue weighted by atomic mass is 10.5. The molecule has 0 aromatic carbocycles. The van der Waals surface area contributed by atoms with Crippen molar-refractivity contribution in [3.8, 4) is 0 Å². The molecule has 1 aromatic rings. The molecule has 1 heterocycles. The van der Waals surface area contributed by atoms with Crippen molar-refractivity contribution in [2.45, 2.75) is 10.5 Å². The molecule has 0 spiro atoms. The van der Waals surface area contributed by atoms with Crippen molar-refractivity contribution in [1.29, 1.82) is 0 Å². The Morgan fingerprint density at radius 2 is 2.00 bits per heavy atom. The fraction of sp³-hybridized carbons (Fsp3) is 0.250. The third-order valence-electron chi connectivity index (χ3n) is 0.832. The van der Waals surface area contributed by atoms with Crippen molar-refractivity contribution >= 4 is 35.6 Å². The molecule has 0 aliphatic heterocycles. The zero-order valence-electron chi connectivity index (χ0n) is 4.81. The maximum absolute atomic E-state index is 11.9. The molecule has 0 radical (unpaired) electrons. The second kappa shape index (κ2) is 2.84. The lowest BCUT2D eigenvalue weighted by molar-refractivity contribution is -0.134. The lowest BCUT2D eigenvalue weighted by Crippen LogP contribution is -2.01. The normalized spacial score (nSPS) is 12.1. The molecule has 7 heteroatoms. The second-order valence-electron chi connectivity index (χ2n) is 1.61. The van der Waals surface area contributed by atoms with E-state index in [9.17, 15) is 13.2 Å². The third-order valence-corrected chi connectivity index (χ3v) is 2.49. The largest absolute Gasteiger partial charge is 0.428 e. The van der Waals surface area contributed by atoms with Crippen LogP contribution in [0.25, 0.3) is 0 Å². The van der Waals surface area contributed by atoms with Crippen molar-refractivity contribution in [3.05, 3.63) is 10.0 Å². The van der Waals surface area contributed by atoms with Gasteiger partial charge in [0.25, 0.3) is 0 Å². The fourth-order valence-electron chi connectivity index (χ4n) is 0.466. The molecular formula is C4HClF3NS2. The van der Waals surface area contributed by atoms with Gasteiger partial charge in [0.2, 0.25) is 0 Å². The number of thiol groups is 1. The summed E-state index contributed by atoms with van der Waals surface area (Å²) >= 11 is 9.21. The first-order valence-corrected chi connectivity index (χ1v) is 3.98. The highest BCUT2D eigenvalue weighted by Gasteiger charge is 2.36. The average molecular weight is 220 g/mol. The van der Waals surface area contributed by atoms with Gasteiger partial charge in [0, 0.05) is 0 Å². The molecule has 0 amide bonds. The van der Waals surface area contributed by atoms with E-state index in [0.29, 0.717) is 11.3 Å². The van der Waals surface area contributed by atoms with E-state index in [2.05, 4.69) is 17.6 Å². The van der Waals surface area contributed by atoms with Gasteiger partial charge in [-0.25, -0.2) is 4.98 Å². The zero-order chi connectivity index (χ0) is 8.65. The van der Waals surface area contributed by atoms with Crippen molar-refractivity contribution < 1.29 is 13.2 Å². The highest BCUT2D eigenvalue weighted by Crippen LogP contribution is 2.39. The van der Waals surface area contributed by atoms with Gasteiger partial charge in [-0.2, -0.15) is 13.2 Å². The third kappa shape index (κ3) is 2.00. The van der Waals surface area contributed by atoms with Crippen molar-refractivity contribution in [2.24, 2.45) is 0 Å². The van der Waals surface area contributed by atoms with Gasteiger partial charge < -0.3 is 0 Å². The summed E-state index contributed by atoms with van der Waals surface area (Å²) in [6.45, 7) is 0. The van der Waals surface area contributed by atoms with Gasteiger partial charge in [-0.05, 0) is 0 Å². The summed E-state index contributed by atoms with van der Waals surface area (Å²) in [5, 5.41) is -0.535. The zero-order valence-corrected chi connectivity index (χ0v) is 7.28. The summed E-state index contributed by atoms with van der Waals surface area (Å²) in [4.78, 5) is 2.41. The molecule has 0 N–H and O–H groups in total. The van der Waals surface area contributed by atoms with Crippen LogP contribution in [0, 0.1) is 0 Å². The number of alkyl halides is 3. The van der Waals surface area contributed by atoms with Crippen LogP contribution in [0.5, 0.6) is 0 Å². The first kappa shape index (κ1) is 9.15. The maximum Gasteiger partial charge on any atom is 0.428 e. The Labute approximate surface area is 74.6 Å². The van der Waals surface area contributed by atoms with Crippen molar-refractivity contribution in [2.75, 3.05) is 0 Å². The standard InChI is InChI=1S/C4HClF3NS2/c5-2-1(4(6,7)8)11-3(10)9-2/h(H,9,10). The van der Waals surface area contributed by atoms with Crippen LogP contribution in [0.1, 0.15) is 4.88 Å². The average Bonchev–Trinajstić information content (AvgIpc) is 2.08. The molecule has 0 saturated carbocycles. The molecule has 0 fully saturated rings. The van der Waals surface area contributed by atoms with E-state index in [1.54, 1.807) is 0 Å². The summed E-state index contributed by atoms with van der Waals surface area (Å²) in [5.74, 6) is 0. The number of aromatic nitrogens is 1. The first-order chi connectivity index (χ1) is 4.91. The highest BCUT2D eigenvalue weighted by atomic mass is 35.5. The molecule has 1 rings (SSSR count). The van der Waals surface area contributed by atoms with Crippen molar-refractivity contribution in [1.82, 2.24) is 4.98 Å². The van der Waals surface area contributed by atoms with Crippen LogP contribution < -0.4 is 0 Å². The van der Waals surface area contributed by atoms with Crippen LogP contribution in [0.3, 0.4) is 0 Å². The van der Waals surface area contributed by atoms with E-state index in [4.69, 9.17) is 11.6 Å². The van der Waals surface area contributed by atoms with Gasteiger partial charge >= 0.3 is 6.18 Å². The van der Waals surface area contributed by atoms with Crippen LogP contribution >= 0.6 is 35.6 Å². The topological polar surface area (TPSA) is 12.9 Å². The van der Waals surface area contributed by atoms with E-state index >= 15 is 0 Å². The Morgan fingerprint density at radius 1 is 1.45 bits per heavy atom. The monoisotopic (exact) mass is 219 g/mol. The number of hydrogen-bond acceptors (Lipinski definition) is 3. The Bertz CT molecular complexity index is 269. The quantitative estimate of drug-likeness (QED) is 0.662. The molecule has 0 aliphatic rings. The molecule has 1 nitrogen and oxygen atoms in total. The van der Waals surface area contributed by atoms with Gasteiger partial charge in [0.1, 0.15) is 9.22 Å². The summed E-state index contributed by atoms with van der Waals surface area (Å²) < 4.78 is 35.8. The number of thiazole rings is 1. The lowest BCUT2D eigenvalue weighted by Gasteiger charge is -2.00. The molecule has 62 valence electrons. The molecule has 11 heavy (non-hydrogen) atoms. The smallest absolute Gasteiger partial charge is 0.218 e. The van der Waals surface area contributed by atoms with Crippen LogP contribution in [-0.2, 0) is 6.18 Å². The Kier molecular flexibility index (Phi) is 2.36. The van der Waals surface area contributed by atoms with E-state index in [0.717, 1.165) is 0 Å². The number of nitrogens with zero attached hydrogens (tertiary/aromatic N) is 1. The number of halogens is 4. The fourth-order valence-corrected chi connectivity index (χ4v) is 1.82. The molecule has 0 aliphatic carbocycles. The number of rotatable bonds is 0. The van der Waals surface area contributed by atoms with Crippen LogP contribution in [0.2, 0.25) is 5.15 Å². The summed E-state index contributed by atoms with van der Waals surface area (Å²) in [6.07, 6.45) is -4.42. The predicted octanol–water partition coefficient (Wildman–Crippen LogP) is 3.10. The van der Waals surface area contributed by atoms with Gasteiger partial charge in [-0.15, -0.1) is 24.0 Å². The Balaban J connectivity index is 3.13. The Morgan fingerprint density at radius 3 is 2.18 bits per heavy atom. The summed E-state index contributed by atoms with van der Waals surface area (Å²) in [5.41, 5.74) is 0. The molecule has 0 unspecified atom stereocenters. The van der Waals surface area contributed by atoms with Crippen LogP contribution in [0.4, 0.5) is 13.2 Å². The maximum atomic E-state index is 11.9. The minimum Gasteiger partial charge on any atom is -0.218 e. The molecule has 0 bridgehead atoms. The van der Waals surface area contributed by atoms with Gasteiger partial charge in [0.05, 0.1) is 0 Å². The number of hydrogen-bond donors (Lipinski definition) is 1. The summed E-state index contributed by atoms with van der Waals surface area (Å²) in [6, 6.07) is 0. The van der Waals surface area contributed by atoms with E-state index in [-0.39, 0.29) is 4.34 Å². The van der Waals surface area contributed by atoms with Crippen LogP contribution in [-0.4, -0.2) is 4.98 Å². The predicted molar refractivity (Wildman–Crippen MR) is 39.4 cm³/mol. The van der Waals surface area contributed by atoms with Crippen molar-refractivity contribution in [3.63, 3.8) is 0 Å². The minimum absolute atomic E-state index is 0.0160. The molecular weight excluding hydrogens is 219 g/mol. The first-order valence-electron chi connectivity index (χ1n) is 2.33. The molecule has 0 atom stereocenters. The van der Waals surface area contributed by atoms with Gasteiger partial charge in [-0.3, -0.25) is 0 Å². The molecule has 1 aromatic heterocycles. The summed E-state index contributed by atoms with van der Waals surface area (Å²) in [7, 11) is 0.